The van der Waals surface area contributed by atoms with E-state index in [0.717, 1.165) is 5.56 Å². The molecular formula is C25H20N4O7. The molecule has 4 aromatic rings. The lowest BCUT2D eigenvalue weighted by Crippen LogP contribution is -2.26. The summed E-state index contributed by atoms with van der Waals surface area (Å²) in [5.41, 5.74) is 6.93. The molecule has 0 unspecified atom stereocenters. The van der Waals surface area contributed by atoms with Crippen molar-refractivity contribution < 1.29 is 28.7 Å². The third kappa shape index (κ3) is 5.47. The zero-order valence-electron chi connectivity index (χ0n) is 19.0. The Balaban J connectivity index is 1.40. The largest absolute Gasteiger partial charge is 0.496 e. The highest BCUT2D eigenvalue weighted by atomic mass is 16.6. The van der Waals surface area contributed by atoms with Crippen molar-refractivity contribution in [1.82, 2.24) is 10.3 Å². The van der Waals surface area contributed by atoms with Crippen LogP contribution in [-0.4, -0.2) is 29.0 Å². The molecule has 11 nitrogen and oxygen atoms in total. The molecule has 36 heavy (non-hydrogen) atoms. The molecular weight excluding hydrogens is 468 g/mol. The highest BCUT2D eigenvalue weighted by Crippen LogP contribution is 2.33. The molecule has 0 aliphatic rings. The van der Waals surface area contributed by atoms with Crippen LogP contribution in [0.2, 0.25) is 0 Å². The highest BCUT2D eigenvalue weighted by molar-refractivity contribution is 6.01. The number of hydrogen-bond acceptors (Lipinski definition) is 8. The lowest BCUT2D eigenvalue weighted by molar-refractivity contribution is -0.384. The zero-order valence-corrected chi connectivity index (χ0v) is 19.0. The van der Waals surface area contributed by atoms with Crippen LogP contribution in [0.4, 0.5) is 10.5 Å². The Labute approximate surface area is 204 Å². The van der Waals surface area contributed by atoms with Gasteiger partial charge in [-0.25, -0.2) is 4.79 Å². The molecule has 1 heterocycles. The van der Waals surface area contributed by atoms with E-state index in [0.29, 0.717) is 28.2 Å². The number of non-ortho nitro benzene ring substituents is 1. The summed E-state index contributed by atoms with van der Waals surface area (Å²) in [5, 5.41) is 13.9. The molecule has 0 fully saturated rings. The summed E-state index contributed by atoms with van der Waals surface area (Å²) in [5.74, 6) is 0.874. The Bertz CT molecular complexity index is 1440. The summed E-state index contributed by atoms with van der Waals surface area (Å²) in [6.45, 7) is 0.187. The van der Waals surface area contributed by atoms with E-state index in [2.05, 4.69) is 10.3 Å². The van der Waals surface area contributed by atoms with Crippen LogP contribution in [0.15, 0.2) is 72.9 Å². The van der Waals surface area contributed by atoms with E-state index in [1.54, 1.807) is 48.7 Å². The van der Waals surface area contributed by atoms with Crippen molar-refractivity contribution in [3.63, 3.8) is 0 Å². The fraction of sp³-hybridized carbons (Fsp3) is 0.0800. The molecule has 182 valence electrons. The van der Waals surface area contributed by atoms with Crippen molar-refractivity contribution in [2.24, 2.45) is 5.73 Å². The predicted octanol–water partition coefficient (Wildman–Crippen LogP) is 4.33. The van der Waals surface area contributed by atoms with E-state index in [1.807, 2.05) is 0 Å². The second kappa shape index (κ2) is 10.4. The number of nitro groups is 1. The minimum atomic E-state index is -0.701. The number of pyridine rings is 1. The molecule has 2 amide bonds. The number of primary amides is 1. The number of ether oxygens (including phenoxy) is 3. The Kier molecular flexibility index (Phi) is 6.91. The van der Waals surface area contributed by atoms with E-state index in [-0.39, 0.29) is 23.5 Å². The number of carbonyl (C=O) groups excluding carboxylic acids is 2. The fourth-order valence-corrected chi connectivity index (χ4v) is 3.35. The molecule has 0 saturated heterocycles. The number of aromatic nitrogens is 1. The molecule has 0 aliphatic heterocycles. The number of rotatable bonds is 8. The van der Waals surface area contributed by atoms with Gasteiger partial charge in [-0.3, -0.25) is 19.9 Å². The smallest absolute Gasteiger partial charge is 0.412 e. The Morgan fingerprint density at radius 1 is 1.00 bits per heavy atom. The molecule has 1 aromatic heterocycles. The maximum absolute atomic E-state index is 12.0. The summed E-state index contributed by atoms with van der Waals surface area (Å²) in [7, 11) is 1.44. The average Bonchev–Trinajstić information content (AvgIpc) is 2.88. The molecule has 4 rings (SSSR count). The molecule has 0 spiro atoms. The minimum absolute atomic E-state index is 0.0992. The van der Waals surface area contributed by atoms with Crippen LogP contribution >= 0.6 is 0 Å². The van der Waals surface area contributed by atoms with Crippen LogP contribution in [0.1, 0.15) is 15.9 Å². The highest BCUT2D eigenvalue weighted by Gasteiger charge is 2.14. The number of fused-ring (bicyclic) bond motifs is 1. The van der Waals surface area contributed by atoms with Crippen molar-refractivity contribution in [3.8, 4) is 23.0 Å². The summed E-state index contributed by atoms with van der Waals surface area (Å²) >= 11 is 0. The van der Waals surface area contributed by atoms with E-state index in [1.165, 1.54) is 31.4 Å². The van der Waals surface area contributed by atoms with Gasteiger partial charge in [0.1, 0.15) is 23.0 Å². The monoisotopic (exact) mass is 488 g/mol. The second-order valence-electron chi connectivity index (χ2n) is 7.48. The van der Waals surface area contributed by atoms with Gasteiger partial charge < -0.3 is 25.3 Å². The number of amides is 2. The second-order valence-corrected chi connectivity index (χ2v) is 7.48. The van der Waals surface area contributed by atoms with E-state index >= 15 is 0 Å². The molecule has 3 N–H and O–H groups in total. The van der Waals surface area contributed by atoms with Crippen molar-refractivity contribution in [2.45, 2.75) is 6.54 Å². The van der Waals surface area contributed by atoms with Gasteiger partial charge in [-0.2, -0.15) is 0 Å². The molecule has 0 saturated carbocycles. The molecule has 0 aliphatic carbocycles. The van der Waals surface area contributed by atoms with Crippen LogP contribution in [0.25, 0.3) is 10.9 Å². The van der Waals surface area contributed by atoms with Gasteiger partial charge >= 0.3 is 6.09 Å². The number of carbonyl (C=O) groups is 2. The van der Waals surface area contributed by atoms with Crippen LogP contribution in [0.5, 0.6) is 23.0 Å². The number of nitrogens with two attached hydrogens (primary N) is 1. The Hall–Kier alpha value is -5.19. The van der Waals surface area contributed by atoms with Crippen LogP contribution < -0.4 is 25.3 Å². The number of benzene rings is 3. The predicted molar refractivity (Wildman–Crippen MR) is 129 cm³/mol. The number of nitro benzene ring substituents is 1. The quantitative estimate of drug-likeness (QED) is 0.274. The minimum Gasteiger partial charge on any atom is -0.496 e. The van der Waals surface area contributed by atoms with Gasteiger partial charge in [0.15, 0.2) is 0 Å². The number of methoxy groups -OCH3 is 1. The topological polar surface area (TPSA) is 156 Å². The SMILES string of the molecule is COc1cc2nccc(Oc3ccc(CNC(=O)Oc4ccc([N+](=O)[O-])cc4)cc3)c2cc1C(N)=O. The Morgan fingerprint density at radius 3 is 2.33 bits per heavy atom. The molecule has 3 aromatic carbocycles. The number of nitrogens with zero attached hydrogens (tertiary/aromatic N) is 2. The maximum atomic E-state index is 12.0. The number of hydrogen-bond donors (Lipinski definition) is 2. The molecule has 11 heteroatoms. The average molecular weight is 488 g/mol. The summed E-state index contributed by atoms with van der Waals surface area (Å²) in [4.78, 5) is 38.3. The number of nitrogens with one attached hydrogen (secondary N) is 1. The lowest BCUT2D eigenvalue weighted by Gasteiger charge is -2.12. The van der Waals surface area contributed by atoms with Gasteiger partial charge in [-0.15, -0.1) is 0 Å². The lowest BCUT2D eigenvalue weighted by atomic mass is 10.1. The van der Waals surface area contributed by atoms with Crippen molar-refractivity contribution in [3.05, 3.63) is 94.2 Å². The van der Waals surface area contributed by atoms with Crippen molar-refractivity contribution in [1.29, 1.82) is 0 Å². The zero-order chi connectivity index (χ0) is 25.7. The van der Waals surface area contributed by atoms with Crippen molar-refractivity contribution in [2.75, 3.05) is 7.11 Å². The van der Waals surface area contributed by atoms with E-state index < -0.39 is 16.9 Å². The van der Waals surface area contributed by atoms with Crippen LogP contribution in [0, 0.1) is 10.1 Å². The van der Waals surface area contributed by atoms with Gasteiger partial charge in [0.25, 0.3) is 11.6 Å². The van der Waals surface area contributed by atoms with Gasteiger partial charge in [0, 0.05) is 36.3 Å². The Morgan fingerprint density at radius 2 is 1.69 bits per heavy atom. The van der Waals surface area contributed by atoms with Gasteiger partial charge in [-0.05, 0) is 42.0 Å². The first-order valence-electron chi connectivity index (χ1n) is 10.6. The molecule has 0 radical (unpaired) electrons. The standard InChI is InChI=1S/C25H20N4O7/c1-34-23-13-21-19(12-20(23)24(26)30)22(10-11-27-21)35-17-6-2-15(3-7-17)14-28-25(31)36-18-8-4-16(5-9-18)29(32)33/h2-13H,14H2,1H3,(H2,26,30)(H,28,31). The third-order valence-corrected chi connectivity index (χ3v) is 5.13. The first kappa shape index (κ1) is 24.0. The van der Waals surface area contributed by atoms with Crippen LogP contribution in [-0.2, 0) is 6.54 Å². The summed E-state index contributed by atoms with van der Waals surface area (Å²) in [6, 6.07) is 17.0. The van der Waals surface area contributed by atoms with E-state index in [9.17, 15) is 19.7 Å². The van der Waals surface area contributed by atoms with Crippen LogP contribution in [0.3, 0.4) is 0 Å². The van der Waals surface area contributed by atoms with Gasteiger partial charge in [-0.1, -0.05) is 12.1 Å². The summed E-state index contributed by atoms with van der Waals surface area (Å²) in [6.07, 6.45) is 0.878. The fourth-order valence-electron chi connectivity index (χ4n) is 3.35. The van der Waals surface area contributed by atoms with Crippen molar-refractivity contribution >= 4 is 28.6 Å². The normalized spacial score (nSPS) is 10.5. The maximum Gasteiger partial charge on any atom is 0.412 e. The first-order chi connectivity index (χ1) is 17.3. The molecule has 0 atom stereocenters. The van der Waals surface area contributed by atoms with Gasteiger partial charge in [0.2, 0.25) is 0 Å². The summed E-state index contributed by atoms with van der Waals surface area (Å²) < 4.78 is 16.3. The first-order valence-corrected chi connectivity index (χ1v) is 10.6. The molecule has 0 bridgehead atoms. The third-order valence-electron chi connectivity index (χ3n) is 5.13. The van der Waals surface area contributed by atoms with E-state index in [4.69, 9.17) is 19.9 Å². The van der Waals surface area contributed by atoms with Gasteiger partial charge in [0.05, 0.1) is 23.1 Å².